The zero-order valence-corrected chi connectivity index (χ0v) is 14.4. The highest BCUT2D eigenvalue weighted by Gasteiger charge is 2.27. The van der Waals surface area contributed by atoms with Crippen LogP contribution < -0.4 is 4.90 Å². The van der Waals surface area contributed by atoms with Crippen molar-refractivity contribution in [2.24, 2.45) is 0 Å². The van der Waals surface area contributed by atoms with Gasteiger partial charge in [0.2, 0.25) is 0 Å². The average molecular weight is 330 g/mol. The number of nitrogens with zero attached hydrogens (tertiary/aromatic N) is 2. The molecule has 0 bridgehead atoms. The molecule has 2 heterocycles. The van der Waals surface area contributed by atoms with Crippen molar-refractivity contribution in [3.63, 3.8) is 0 Å². The smallest absolute Gasteiger partial charge is 0.132 e. The first-order valence-corrected chi connectivity index (χ1v) is 8.43. The summed E-state index contributed by atoms with van der Waals surface area (Å²) in [6, 6.07) is 12.4. The van der Waals surface area contributed by atoms with Crippen molar-refractivity contribution >= 4 is 5.69 Å². The highest BCUT2D eigenvalue weighted by Crippen LogP contribution is 2.24. The molecule has 3 rings (SSSR count). The van der Waals surface area contributed by atoms with E-state index in [4.69, 9.17) is 9.15 Å². The van der Waals surface area contributed by atoms with Gasteiger partial charge in [-0.25, -0.2) is 0 Å². The number of ether oxygens (including phenoxy) is 1. The molecule has 1 N–H and O–H groups in total. The number of morpholine rings is 1. The van der Waals surface area contributed by atoms with E-state index in [-0.39, 0.29) is 6.04 Å². The van der Waals surface area contributed by atoms with Gasteiger partial charge in [0.1, 0.15) is 11.9 Å². The Morgan fingerprint density at radius 1 is 1.25 bits per heavy atom. The number of aliphatic hydroxyl groups excluding tert-OH is 1. The first-order chi connectivity index (χ1) is 11.6. The fraction of sp³-hybridized carbons (Fsp3) is 0.474. The molecule has 1 aromatic carbocycles. The number of aliphatic hydroxyl groups is 1. The van der Waals surface area contributed by atoms with Crippen LogP contribution in [0.4, 0.5) is 5.69 Å². The van der Waals surface area contributed by atoms with Crippen molar-refractivity contribution in [3.05, 3.63) is 54.0 Å². The molecule has 1 aliphatic rings. The van der Waals surface area contributed by atoms with Crippen LogP contribution in [0.25, 0.3) is 0 Å². The molecule has 2 atom stereocenters. The normalized spacial score (nSPS) is 20.0. The number of hydrogen-bond donors (Lipinski definition) is 1. The van der Waals surface area contributed by atoms with E-state index in [2.05, 4.69) is 34.1 Å². The Bertz CT molecular complexity index is 610. The molecule has 1 fully saturated rings. The number of rotatable bonds is 6. The van der Waals surface area contributed by atoms with Crippen LogP contribution in [0.15, 0.2) is 47.1 Å². The predicted molar refractivity (Wildman–Crippen MR) is 94.1 cm³/mol. The molecule has 0 saturated carbocycles. The van der Waals surface area contributed by atoms with Gasteiger partial charge in [0.05, 0.1) is 19.5 Å². The van der Waals surface area contributed by atoms with Gasteiger partial charge < -0.3 is 19.2 Å². The third-order valence-corrected chi connectivity index (χ3v) is 4.55. The number of benzene rings is 1. The summed E-state index contributed by atoms with van der Waals surface area (Å²) >= 11 is 0. The molecule has 2 aromatic rings. The van der Waals surface area contributed by atoms with Crippen molar-refractivity contribution in [1.82, 2.24) is 4.90 Å². The maximum absolute atomic E-state index is 10.4. The molecule has 2 unspecified atom stereocenters. The first kappa shape index (κ1) is 17.0. The standard InChI is InChI=1S/C19H26N2O3/c1-20(2)16-7-5-15(6-8-16)13-21-9-11-23-14-17(21)12-18(22)19-4-3-10-24-19/h3-8,10,17-18,22H,9,11-14H2,1-2H3. The van der Waals surface area contributed by atoms with E-state index in [0.717, 1.165) is 19.7 Å². The zero-order valence-electron chi connectivity index (χ0n) is 14.4. The van der Waals surface area contributed by atoms with Crippen LogP contribution in [0, 0.1) is 0 Å². The molecular weight excluding hydrogens is 304 g/mol. The van der Waals surface area contributed by atoms with Crippen molar-refractivity contribution in [2.75, 3.05) is 38.8 Å². The Balaban J connectivity index is 1.63. The van der Waals surface area contributed by atoms with Gasteiger partial charge in [-0.2, -0.15) is 0 Å². The highest BCUT2D eigenvalue weighted by molar-refractivity contribution is 5.45. The summed E-state index contributed by atoms with van der Waals surface area (Å²) in [6.45, 7) is 3.13. The second-order valence-electron chi connectivity index (χ2n) is 6.53. The Labute approximate surface area is 143 Å². The molecule has 1 saturated heterocycles. The summed E-state index contributed by atoms with van der Waals surface area (Å²) < 4.78 is 10.9. The van der Waals surface area contributed by atoms with Crippen molar-refractivity contribution in [3.8, 4) is 0 Å². The lowest BCUT2D eigenvalue weighted by molar-refractivity contribution is -0.0323. The summed E-state index contributed by atoms with van der Waals surface area (Å²) in [5.74, 6) is 0.621. The topological polar surface area (TPSA) is 49.1 Å². The van der Waals surface area contributed by atoms with Gasteiger partial charge in [0.25, 0.3) is 0 Å². The second-order valence-corrected chi connectivity index (χ2v) is 6.53. The molecular formula is C19H26N2O3. The van der Waals surface area contributed by atoms with Crippen molar-refractivity contribution in [2.45, 2.75) is 25.1 Å². The summed E-state index contributed by atoms with van der Waals surface area (Å²) in [4.78, 5) is 4.49. The number of hydrogen-bond acceptors (Lipinski definition) is 5. The minimum absolute atomic E-state index is 0.187. The minimum atomic E-state index is -0.592. The summed E-state index contributed by atoms with van der Waals surface area (Å²) in [6.07, 6.45) is 1.62. The minimum Gasteiger partial charge on any atom is -0.467 e. The molecule has 5 heteroatoms. The molecule has 1 aliphatic heterocycles. The fourth-order valence-electron chi connectivity index (χ4n) is 3.10. The Morgan fingerprint density at radius 3 is 2.71 bits per heavy atom. The SMILES string of the molecule is CN(C)c1ccc(CN2CCOCC2CC(O)c2ccco2)cc1. The summed E-state index contributed by atoms with van der Waals surface area (Å²) in [7, 11) is 4.09. The van der Waals surface area contributed by atoms with E-state index in [1.165, 1.54) is 11.3 Å². The summed E-state index contributed by atoms with van der Waals surface area (Å²) in [5.41, 5.74) is 2.48. The van der Waals surface area contributed by atoms with E-state index >= 15 is 0 Å². The lowest BCUT2D eigenvalue weighted by atomic mass is 10.0. The molecule has 0 spiro atoms. The van der Waals surface area contributed by atoms with Gasteiger partial charge in [0.15, 0.2) is 0 Å². The molecule has 24 heavy (non-hydrogen) atoms. The molecule has 0 radical (unpaired) electrons. The quantitative estimate of drug-likeness (QED) is 0.882. The van der Waals surface area contributed by atoms with E-state index in [0.29, 0.717) is 18.8 Å². The van der Waals surface area contributed by atoms with Gasteiger partial charge in [-0.15, -0.1) is 0 Å². The van der Waals surface area contributed by atoms with E-state index < -0.39 is 6.10 Å². The van der Waals surface area contributed by atoms with Crippen molar-refractivity contribution < 1.29 is 14.3 Å². The third kappa shape index (κ3) is 4.17. The third-order valence-electron chi connectivity index (χ3n) is 4.55. The van der Waals surface area contributed by atoms with Gasteiger partial charge >= 0.3 is 0 Å². The maximum Gasteiger partial charge on any atom is 0.132 e. The van der Waals surface area contributed by atoms with Gasteiger partial charge in [-0.05, 0) is 36.2 Å². The van der Waals surface area contributed by atoms with Gasteiger partial charge in [-0.1, -0.05) is 12.1 Å². The molecule has 0 aliphatic carbocycles. The average Bonchev–Trinajstić information content (AvgIpc) is 3.12. The highest BCUT2D eigenvalue weighted by atomic mass is 16.5. The van der Waals surface area contributed by atoms with Gasteiger partial charge in [-0.3, -0.25) is 4.90 Å². The maximum atomic E-state index is 10.4. The van der Waals surface area contributed by atoms with Gasteiger partial charge in [0, 0.05) is 38.9 Å². The molecule has 0 amide bonds. The van der Waals surface area contributed by atoms with E-state index in [9.17, 15) is 5.11 Å². The zero-order chi connectivity index (χ0) is 16.9. The fourth-order valence-corrected chi connectivity index (χ4v) is 3.10. The molecule has 130 valence electrons. The Kier molecular flexibility index (Phi) is 5.56. The predicted octanol–water partition coefficient (Wildman–Crippen LogP) is 2.67. The molecule has 5 nitrogen and oxygen atoms in total. The lowest BCUT2D eigenvalue weighted by Gasteiger charge is -2.36. The van der Waals surface area contributed by atoms with E-state index in [1.807, 2.05) is 20.2 Å². The largest absolute Gasteiger partial charge is 0.467 e. The first-order valence-electron chi connectivity index (χ1n) is 8.43. The van der Waals surface area contributed by atoms with Crippen LogP contribution in [0.2, 0.25) is 0 Å². The van der Waals surface area contributed by atoms with Crippen molar-refractivity contribution in [1.29, 1.82) is 0 Å². The Hall–Kier alpha value is -1.82. The van der Waals surface area contributed by atoms with Crippen LogP contribution in [0.1, 0.15) is 23.8 Å². The summed E-state index contributed by atoms with van der Waals surface area (Å²) in [5, 5.41) is 10.4. The van der Waals surface area contributed by atoms with Crippen LogP contribution in [-0.4, -0.2) is 49.9 Å². The Morgan fingerprint density at radius 2 is 2.04 bits per heavy atom. The van der Waals surface area contributed by atoms with Crippen LogP contribution >= 0.6 is 0 Å². The van der Waals surface area contributed by atoms with Crippen LogP contribution in [-0.2, 0) is 11.3 Å². The molecule has 1 aromatic heterocycles. The van der Waals surface area contributed by atoms with E-state index in [1.54, 1.807) is 12.3 Å². The number of anilines is 1. The number of furan rings is 1. The second kappa shape index (κ2) is 7.83. The monoisotopic (exact) mass is 330 g/mol. The van der Waals surface area contributed by atoms with Crippen LogP contribution in [0.3, 0.4) is 0 Å². The van der Waals surface area contributed by atoms with Crippen LogP contribution in [0.5, 0.6) is 0 Å². The lowest BCUT2D eigenvalue weighted by Crippen LogP contribution is -2.45.